The number of hydrogen-bond acceptors (Lipinski definition) is 6. The predicted molar refractivity (Wildman–Crippen MR) is 92.2 cm³/mol. The number of esters is 1. The van der Waals surface area contributed by atoms with Gasteiger partial charge in [-0.25, -0.2) is 4.79 Å². The monoisotopic (exact) mass is 343 g/mol. The van der Waals surface area contributed by atoms with Gasteiger partial charge in [-0.3, -0.25) is 0 Å². The molecule has 0 heterocycles. The van der Waals surface area contributed by atoms with Gasteiger partial charge in [0, 0.05) is 4.91 Å². The number of ether oxygens (including phenoxy) is 1. The SMILES string of the molecule is CCOC(=O)/C(C#N)=C(SC)\C1=C(/C(C#N)C#N)CCCCCC1. The van der Waals surface area contributed by atoms with Gasteiger partial charge < -0.3 is 4.74 Å². The molecule has 0 amide bonds. The van der Waals surface area contributed by atoms with E-state index < -0.39 is 11.9 Å². The topological polar surface area (TPSA) is 97.7 Å². The molecule has 0 aromatic rings. The highest BCUT2D eigenvalue weighted by Gasteiger charge is 2.25. The molecule has 0 unspecified atom stereocenters. The fourth-order valence-corrected chi connectivity index (χ4v) is 3.63. The van der Waals surface area contributed by atoms with E-state index in [-0.39, 0.29) is 12.2 Å². The van der Waals surface area contributed by atoms with Crippen molar-refractivity contribution in [2.75, 3.05) is 12.9 Å². The van der Waals surface area contributed by atoms with Crippen LogP contribution in [0.2, 0.25) is 0 Å². The molecule has 0 aromatic heterocycles. The van der Waals surface area contributed by atoms with E-state index in [0.29, 0.717) is 17.7 Å². The molecule has 0 aromatic carbocycles. The summed E-state index contributed by atoms with van der Waals surface area (Å²) < 4.78 is 4.99. The lowest BCUT2D eigenvalue weighted by Gasteiger charge is -2.21. The number of carbonyl (C=O) groups excluding carboxylic acids is 1. The van der Waals surface area contributed by atoms with Gasteiger partial charge in [0.05, 0.1) is 18.7 Å². The second-order valence-corrected chi connectivity index (χ2v) is 6.17. The first-order chi connectivity index (χ1) is 11.6. The van der Waals surface area contributed by atoms with Gasteiger partial charge in [0.15, 0.2) is 11.5 Å². The van der Waals surface area contributed by atoms with Crippen LogP contribution in [0.15, 0.2) is 21.6 Å². The van der Waals surface area contributed by atoms with E-state index in [1.54, 1.807) is 13.2 Å². The first-order valence-corrected chi connectivity index (χ1v) is 9.24. The summed E-state index contributed by atoms with van der Waals surface area (Å²) in [6.45, 7) is 1.88. The quantitative estimate of drug-likeness (QED) is 0.425. The Morgan fingerprint density at radius 3 is 2.29 bits per heavy atom. The smallest absolute Gasteiger partial charge is 0.350 e. The molecule has 5 nitrogen and oxygen atoms in total. The standard InChI is InChI=1S/C18H21N3O2S/c1-3-23-18(22)16(12-21)17(24-2)15-9-7-5-4-6-8-14(15)13(10-19)11-20/h13H,3-9H2,1-2H3/b15-14-,17-16+. The van der Waals surface area contributed by atoms with Crippen LogP contribution >= 0.6 is 11.8 Å². The molecule has 6 heteroatoms. The molecule has 1 aliphatic carbocycles. The van der Waals surface area contributed by atoms with Gasteiger partial charge in [0.1, 0.15) is 6.07 Å². The highest BCUT2D eigenvalue weighted by Crippen LogP contribution is 2.37. The number of allylic oxidation sites excluding steroid dienone is 2. The summed E-state index contributed by atoms with van der Waals surface area (Å²) in [6.07, 6.45) is 7.03. The van der Waals surface area contributed by atoms with Crippen molar-refractivity contribution in [3.8, 4) is 18.2 Å². The van der Waals surface area contributed by atoms with E-state index in [4.69, 9.17) is 4.74 Å². The summed E-state index contributed by atoms with van der Waals surface area (Å²) in [6, 6.07) is 6.03. The van der Waals surface area contributed by atoms with Gasteiger partial charge in [-0.05, 0) is 50.0 Å². The maximum absolute atomic E-state index is 12.1. The zero-order valence-corrected chi connectivity index (χ0v) is 14.9. The Bertz CT molecular complexity index is 645. The zero-order chi connectivity index (χ0) is 17.9. The minimum atomic E-state index is -0.845. The fraction of sp³-hybridized carbons (Fsp3) is 0.556. The third-order valence-corrected chi connectivity index (χ3v) is 4.77. The van der Waals surface area contributed by atoms with Gasteiger partial charge >= 0.3 is 5.97 Å². The summed E-state index contributed by atoms with van der Waals surface area (Å²) in [5.41, 5.74) is 1.52. The fourth-order valence-electron chi connectivity index (χ4n) is 2.81. The molecule has 0 saturated carbocycles. The van der Waals surface area contributed by atoms with Crippen LogP contribution < -0.4 is 0 Å². The molecule has 0 N–H and O–H groups in total. The van der Waals surface area contributed by atoms with Crippen molar-refractivity contribution in [3.05, 3.63) is 21.6 Å². The van der Waals surface area contributed by atoms with Crippen molar-refractivity contribution in [1.29, 1.82) is 15.8 Å². The van der Waals surface area contributed by atoms with Crippen LogP contribution in [0.3, 0.4) is 0 Å². The molecule has 24 heavy (non-hydrogen) atoms. The number of thioether (sulfide) groups is 1. The molecule has 0 fully saturated rings. The van der Waals surface area contributed by atoms with Gasteiger partial charge in [-0.1, -0.05) is 12.8 Å². The Morgan fingerprint density at radius 1 is 1.17 bits per heavy atom. The minimum absolute atomic E-state index is 0.0351. The van der Waals surface area contributed by atoms with Gasteiger partial charge in [0.2, 0.25) is 0 Å². The normalized spacial score (nSPS) is 19.2. The van der Waals surface area contributed by atoms with Crippen LogP contribution in [0.5, 0.6) is 0 Å². The van der Waals surface area contributed by atoms with Crippen LogP contribution in [0, 0.1) is 39.9 Å². The highest BCUT2D eigenvalue weighted by atomic mass is 32.2. The number of nitrogens with zero attached hydrogens (tertiary/aromatic N) is 3. The second-order valence-electron chi connectivity index (χ2n) is 5.35. The summed E-state index contributed by atoms with van der Waals surface area (Å²) in [5, 5.41) is 28.1. The Kier molecular flexibility index (Phi) is 8.69. The van der Waals surface area contributed by atoms with Crippen molar-refractivity contribution in [3.63, 3.8) is 0 Å². The molecule has 0 spiro atoms. The third kappa shape index (κ3) is 4.88. The lowest BCUT2D eigenvalue weighted by molar-refractivity contribution is -0.138. The average molecular weight is 343 g/mol. The van der Waals surface area contributed by atoms with E-state index in [9.17, 15) is 20.6 Å². The highest BCUT2D eigenvalue weighted by molar-refractivity contribution is 8.02. The van der Waals surface area contributed by atoms with Crippen LogP contribution in [0.25, 0.3) is 0 Å². The maximum Gasteiger partial charge on any atom is 0.350 e. The van der Waals surface area contributed by atoms with Crippen LogP contribution in [0.4, 0.5) is 0 Å². The van der Waals surface area contributed by atoms with Gasteiger partial charge in [-0.15, -0.1) is 11.8 Å². The largest absolute Gasteiger partial charge is 0.462 e. The Balaban J connectivity index is 3.56. The lowest BCUT2D eigenvalue weighted by Crippen LogP contribution is -2.12. The molecule has 0 bridgehead atoms. The molecular weight excluding hydrogens is 322 g/mol. The summed E-state index contributed by atoms with van der Waals surface area (Å²) in [7, 11) is 0. The number of rotatable bonds is 5. The van der Waals surface area contributed by atoms with E-state index in [1.807, 2.05) is 18.2 Å². The molecule has 0 aliphatic heterocycles. The first-order valence-electron chi connectivity index (χ1n) is 8.01. The summed E-state index contributed by atoms with van der Waals surface area (Å²) in [5.74, 6) is -1.49. The summed E-state index contributed by atoms with van der Waals surface area (Å²) >= 11 is 1.30. The second kappa shape index (κ2) is 10.5. The average Bonchev–Trinajstić information content (AvgIpc) is 2.56. The molecular formula is C18H21N3O2S. The number of carbonyl (C=O) groups is 1. The molecule has 1 aliphatic rings. The van der Waals surface area contributed by atoms with Gasteiger partial charge in [-0.2, -0.15) is 15.8 Å². The Hall–Kier alpha value is -2.23. The number of hydrogen-bond donors (Lipinski definition) is 0. The van der Waals surface area contributed by atoms with Crippen molar-refractivity contribution in [1.82, 2.24) is 0 Å². The first kappa shape index (κ1) is 19.8. The Labute approximate surface area is 147 Å². The molecule has 0 radical (unpaired) electrons. The molecule has 126 valence electrons. The van der Waals surface area contributed by atoms with Gasteiger partial charge in [0.25, 0.3) is 0 Å². The van der Waals surface area contributed by atoms with Crippen LogP contribution in [-0.4, -0.2) is 18.8 Å². The van der Waals surface area contributed by atoms with E-state index in [2.05, 4.69) is 0 Å². The van der Waals surface area contributed by atoms with E-state index in [0.717, 1.165) is 36.8 Å². The number of nitriles is 3. The van der Waals surface area contributed by atoms with Crippen molar-refractivity contribution in [2.24, 2.45) is 5.92 Å². The van der Waals surface area contributed by atoms with Crippen LogP contribution in [-0.2, 0) is 9.53 Å². The minimum Gasteiger partial charge on any atom is -0.462 e. The third-order valence-electron chi connectivity index (χ3n) is 3.91. The molecule has 0 atom stereocenters. The van der Waals surface area contributed by atoms with Crippen LogP contribution in [0.1, 0.15) is 45.4 Å². The summed E-state index contributed by atoms with van der Waals surface area (Å²) in [4.78, 5) is 12.7. The predicted octanol–water partition coefficient (Wildman–Crippen LogP) is 4.00. The van der Waals surface area contributed by atoms with Crippen molar-refractivity contribution in [2.45, 2.75) is 45.4 Å². The lowest BCUT2D eigenvalue weighted by atomic mass is 9.86. The maximum atomic E-state index is 12.1. The molecule has 1 rings (SSSR count). The molecule has 0 saturated heterocycles. The van der Waals surface area contributed by atoms with Crippen molar-refractivity contribution < 1.29 is 9.53 Å². The zero-order valence-electron chi connectivity index (χ0n) is 14.1. The Morgan fingerprint density at radius 2 is 1.79 bits per heavy atom. The van der Waals surface area contributed by atoms with E-state index >= 15 is 0 Å². The van der Waals surface area contributed by atoms with Crippen molar-refractivity contribution >= 4 is 17.7 Å². The van der Waals surface area contributed by atoms with E-state index in [1.165, 1.54) is 11.8 Å².